The van der Waals surface area contributed by atoms with Gasteiger partial charge in [0.2, 0.25) is 0 Å². The number of fused-ring (bicyclic) bond motifs is 1. The Labute approximate surface area is 139 Å². The van der Waals surface area contributed by atoms with Crippen molar-refractivity contribution in [3.05, 3.63) is 66.2 Å². The highest BCUT2D eigenvalue weighted by atomic mass is 19.1. The van der Waals surface area contributed by atoms with Crippen LogP contribution in [-0.2, 0) is 0 Å². The molecule has 0 atom stereocenters. The summed E-state index contributed by atoms with van der Waals surface area (Å²) in [6, 6.07) is 13.9. The number of hydrogen-bond acceptors (Lipinski definition) is 3. The number of amides is 1. The molecule has 1 amide bonds. The molecule has 3 aromatic rings. The molecule has 0 aliphatic carbocycles. The topological polar surface area (TPSA) is 36.7 Å². The summed E-state index contributed by atoms with van der Waals surface area (Å²) in [5.74, 6) is -0.493. The standard InChI is InChI=1S/C19H17FN2O2/c20-16-3-1-2-15(12-16)19(23)22-9-7-21(8-10-22)17-4-5-18-14(13-17)6-11-24-18/h1-6,11-13H,7-10H2. The van der Waals surface area contributed by atoms with Crippen LogP contribution in [0.3, 0.4) is 0 Å². The van der Waals surface area contributed by atoms with Gasteiger partial charge in [-0.25, -0.2) is 4.39 Å². The summed E-state index contributed by atoms with van der Waals surface area (Å²) in [6.07, 6.45) is 1.68. The number of carbonyl (C=O) groups excluding carboxylic acids is 1. The Kier molecular flexibility index (Phi) is 3.69. The van der Waals surface area contributed by atoms with E-state index in [0.29, 0.717) is 18.7 Å². The van der Waals surface area contributed by atoms with Crippen molar-refractivity contribution in [2.75, 3.05) is 31.1 Å². The largest absolute Gasteiger partial charge is 0.464 e. The van der Waals surface area contributed by atoms with E-state index >= 15 is 0 Å². The first-order valence-corrected chi connectivity index (χ1v) is 7.98. The maximum atomic E-state index is 13.3. The second kappa shape index (κ2) is 6.00. The molecule has 0 saturated carbocycles. The number of nitrogens with zero attached hydrogens (tertiary/aromatic N) is 2. The van der Waals surface area contributed by atoms with Gasteiger partial charge in [0.15, 0.2) is 0 Å². The highest BCUT2D eigenvalue weighted by molar-refractivity contribution is 5.94. The van der Waals surface area contributed by atoms with Gasteiger partial charge in [-0.05, 0) is 42.5 Å². The van der Waals surface area contributed by atoms with E-state index in [1.54, 1.807) is 23.3 Å². The van der Waals surface area contributed by atoms with Crippen molar-refractivity contribution in [3.63, 3.8) is 0 Å². The van der Waals surface area contributed by atoms with Crippen molar-refractivity contribution in [1.29, 1.82) is 0 Å². The van der Waals surface area contributed by atoms with E-state index in [1.165, 1.54) is 12.1 Å². The van der Waals surface area contributed by atoms with Crippen LogP contribution in [0, 0.1) is 5.82 Å². The number of benzene rings is 2. The molecular weight excluding hydrogens is 307 g/mol. The molecule has 1 aliphatic rings. The smallest absolute Gasteiger partial charge is 0.254 e. The van der Waals surface area contributed by atoms with Gasteiger partial charge in [-0.2, -0.15) is 0 Å². The van der Waals surface area contributed by atoms with Crippen LogP contribution in [0.1, 0.15) is 10.4 Å². The van der Waals surface area contributed by atoms with Gasteiger partial charge in [-0.3, -0.25) is 4.79 Å². The predicted octanol–water partition coefficient (Wildman–Crippen LogP) is 3.53. The first-order chi connectivity index (χ1) is 11.7. The first-order valence-electron chi connectivity index (χ1n) is 7.98. The van der Waals surface area contributed by atoms with E-state index in [1.807, 2.05) is 18.2 Å². The minimum absolute atomic E-state index is 0.112. The molecule has 1 aliphatic heterocycles. The van der Waals surface area contributed by atoms with E-state index in [0.717, 1.165) is 29.7 Å². The van der Waals surface area contributed by atoms with E-state index in [4.69, 9.17) is 4.42 Å². The van der Waals surface area contributed by atoms with Crippen LogP contribution in [0.15, 0.2) is 59.2 Å². The summed E-state index contributed by atoms with van der Waals surface area (Å²) in [5, 5.41) is 1.07. The molecule has 2 heterocycles. The van der Waals surface area contributed by atoms with E-state index < -0.39 is 0 Å². The Bertz CT molecular complexity index is 882. The van der Waals surface area contributed by atoms with Gasteiger partial charge < -0.3 is 14.2 Å². The van der Waals surface area contributed by atoms with Crippen LogP contribution in [0.25, 0.3) is 11.0 Å². The third-order valence-electron chi connectivity index (χ3n) is 4.44. The molecular formula is C19H17FN2O2. The van der Waals surface area contributed by atoms with Gasteiger partial charge in [-0.15, -0.1) is 0 Å². The molecule has 5 heteroatoms. The number of halogens is 1. The summed E-state index contributed by atoms with van der Waals surface area (Å²) < 4.78 is 18.7. The van der Waals surface area contributed by atoms with E-state index in [-0.39, 0.29) is 11.7 Å². The lowest BCUT2D eigenvalue weighted by Crippen LogP contribution is -2.48. The van der Waals surface area contributed by atoms with Crippen molar-refractivity contribution < 1.29 is 13.6 Å². The molecule has 0 bridgehead atoms. The third kappa shape index (κ3) is 2.73. The van der Waals surface area contributed by atoms with Crippen molar-refractivity contribution in [2.24, 2.45) is 0 Å². The summed E-state index contributed by atoms with van der Waals surface area (Å²) in [7, 11) is 0. The summed E-state index contributed by atoms with van der Waals surface area (Å²) in [6.45, 7) is 2.76. The number of piperazine rings is 1. The minimum atomic E-state index is -0.382. The fraction of sp³-hybridized carbons (Fsp3) is 0.211. The van der Waals surface area contributed by atoms with Crippen molar-refractivity contribution >= 4 is 22.6 Å². The maximum absolute atomic E-state index is 13.3. The van der Waals surface area contributed by atoms with E-state index in [2.05, 4.69) is 11.0 Å². The molecule has 0 unspecified atom stereocenters. The lowest BCUT2D eigenvalue weighted by atomic mass is 10.1. The van der Waals surface area contributed by atoms with Gasteiger partial charge in [0, 0.05) is 42.8 Å². The molecule has 0 spiro atoms. The van der Waals surface area contributed by atoms with Crippen molar-refractivity contribution in [3.8, 4) is 0 Å². The highest BCUT2D eigenvalue weighted by Crippen LogP contribution is 2.24. The lowest BCUT2D eigenvalue weighted by molar-refractivity contribution is 0.0746. The number of rotatable bonds is 2. The number of hydrogen-bond donors (Lipinski definition) is 0. The molecule has 1 saturated heterocycles. The van der Waals surface area contributed by atoms with Gasteiger partial charge in [0.25, 0.3) is 5.91 Å². The van der Waals surface area contributed by atoms with Crippen LogP contribution in [-0.4, -0.2) is 37.0 Å². The summed E-state index contributed by atoms with van der Waals surface area (Å²) >= 11 is 0. The van der Waals surface area contributed by atoms with Gasteiger partial charge >= 0.3 is 0 Å². The molecule has 24 heavy (non-hydrogen) atoms. The molecule has 0 N–H and O–H groups in total. The van der Waals surface area contributed by atoms with Crippen molar-refractivity contribution in [1.82, 2.24) is 4.90 Å². The van der Waals surface area contributed by atoms with Crippen molar-refractivity contribution in [2.45, 2.75) is 0 Å². The zero-order chi connectivity index (χ0) is 16.5. The molecule has 2 aromatic carbocycles. The van der Waals surface area contributed by atoms with Crippen LogP contribution < -0.4 is 4.90 Å². The Morgan fingerprint density at radius 2 is 1.83 bits per heavy atom. The molecule has 4 rings (SSSR count). The Balaban J connectivity index is 1.45. The molecule has 1 fully saturated rings. The quantitative estimate of drug-likeness (QED) is 0.723. The van der Waals surface area contributed by atoms with Crippen LogP contribution in [0.5, 0.6) is 0 Å². The van der Waals surface area contributed by atoms with Gasteiger partial charge in [0.05, 0.1) is 6.26 Å². The number of carbonyl (C=O) groups is 1. The van der Waals surface area contributed by atoms with Crippen LogP contribution in [0.2, 0.25) is 0 Å². The highest BCUT2D eigenvalue weighted by Gasteiger charge is 2.22. The SMILES string of the molecule is O=C(c1cccc(F)c1)N1CCN(c2ccc3occc3c2)CC1. The molecule has 1 aromatic heterocycles. The third-order valence-corrected chi connectivity index (χ3v) is 4.44. The zero-order valence-electron chi connectivity index (χ0n) is 13.1. The van der Waals surface area contributed by atoms with Crippen LogP contribution in [0.4, 0.5) is 10.1 Å². The predicted molar refractivity (Wildman–Crippen MR) is 90.7 cm³/mol. The second-order valence-electron chi connectivity index (χ2n) is 5.93. The van der Waals surface area contributed by atoms with E-state index in [9.17, 15) is 9.18 Å². The monoisotopic (exact) mass is 324 g/mol. The maximum Gasteiger partial charge on any atom is 0.254 e. The summed E-state index contributed by atoms with van der Waals surface area (Å²) in [4.78, 5) is 16.5. The Hall–Kier alpha value is -2.82. The van der Waals surface area contributed by atoms with Gasteiger partial charge in [0.1, 0.15) is 11.4 Å². The molecule has 4 nitrogen and oxygen atoms in total. The number of anilines is 1. The normalized spacial score (nSPS) is 15.0. The fourth-order valence-corrected chi connectivity index (χ4v) is 3.12. The zero-order valence-corrected chi connectivity index (χ0v) is 13.1. The summed E-state index contributed by atoms with van der Waals surface area (Å²) in [5.41, 5.74) is 2.41. The average molecular weight is 324 g/mol. The lowest BCUT2D eigenvalue weighted by Gasteiger charge is -2.36. The van der Waals surface area contributed by atoms with Gasteiger partial charge in [-0.1, -0.05) is 6.07 Å². The fourth-order valence-electron chi connectivity index (χ4n) is 3.12. The second-order valence-corrected chi connectivity index (χ2v) is 5.93. The Morgan fingerprint density at radius 3 is 2.62 bits per heavy atom. The number of furan rings is 1. The molecule has 122 valence electrons. The average Bonchev–Trinajstić information content (AvgIpc) is 3.09. The first kappa shape index (κ1) is 14.8. The molecule has 0 radical (unpaired) electrons. The van der Waals surface area contributed by atoms with Crippen LogP contribution >= 0.6 is 0 Å². The Morgan fingerprint density at radius 1 is 1.00 bits per heavy atom. The minimum Gasteiger partial charge on any atom is -0.464 e.